The van der Waals surface area contributed by atoms with Crippen LogP contribution in [0.4, 0.5) is 0 Å². The molecule has 34 heavy (non-hydrogen) atoms. The Balaban J connectivity index is 1.26. The van der Waals surface area contributed by atoms with Crippen LogP contribution < -0.4 is 0 Å². The van der Waals surface area contributed by atoms with E-state index in [1.807, 2.05) is 12.4 Å². The van der Waals surface area contributed by atoms with Gasteiger partial charge >= 0.3 is 0 Å². The summed E-state index contributed by atoms with van der Waals surface area (Å²) in [7, 11) is 0. The number of benzene rings is 1. The molecule has 0 radical (unpaired) electrons. The SMILES string of the molecule is CC(C)(C)O[C@@H]1CC[C@@]2(C)C(=CC[C@@H]3[C@@H]2CC[C@]2(C)C(c4ccc5cnccc5c4)=CC[C@@H]32)C1. The summed E-state index contributed by atoms with van der Waals surface area (Å²) in [6, 6.07) is 9.15. The molecule has 0 amide bonds. The lowest BCUT2D eigenvalue weighted by molar-refractivity contribution is -0.0894. The molecule has 180 valence electrons. The number of rotatable bonds is 2. The Morgan fingerprint density at radius 3 is 2.56 bits per heavy atom. The quantitative estimate of drug-likeness (QED) is 0.424. The minimum Gasteiger partial charge on any atom is -0.372 e. The highest BCUT2D eigenvalue weighted by atomic mass is 16.5. The zero-order chi connectivity index (χ0) is 23.7. The van der Waals surface area contributed by atoms with E-state index in [9.17, 15) is 0 Å². The van der Waals surface area contributed by atoms with Gasteiger partial charge in [-0.2, -0.15) is 0 Å². The molecule has 1 aromatic carbocycles. The van der Waals surface area contributed by atoms with Gasteiger partial charge in [-0.25, -0.2) is 0 Å². The van der Waals surface area contributed by atoms with Crippen LogP contribution in [-0.2, 0) is 4.74 Å². The summed E-state index contributed by atoms with van der Waals surface area (Å²) in [5, 5.41) is 2.54. The summed E-state index contributed by atoms with van der Waals surface area (Å²) < 4.78 is 6.43. The van der Waals surface area contributed by atoms with Gasteiger partial charge in [0.1, 0.15) is 0 Å². The molecule has 2 heteroatoms. The fourth-order valence-corrected chi connectivity index (χ4v) is 8.49. The molecule has 2 nitrogen and oxygen atoms in total. The van der Waals surface area contributed by atoms with Crippen LogP contribution in [0.5, 0.6) is 0 Å². The van der Waals surface area contributed by atoms with Gasteiger partial charge < -0.3 is 4.74 Å². The molecule has 0 spiro atoms. The van der Waals surface area contributed by atoms with Gasteiger partial charge in [0.2, 0.25) is 0 Å². The molecule has 4 aliphatic rings. The van der Waals surface area contributed by atoms with E-state index in [4.69, 9.17) is 4.74 Å². The van der Waals surface area contributed by atoms with Crippen molar-refractivity contribution in [1.29, 1.82) is 0 Å². The number of fused-ring (bicyclic) bond motifs is 6. The first-order valence-electron chi connectivity index (χ1n) is 13.6. The van der Waals surface area contributed by atoms with E-state index >= 15 is 0 Å². The summed E-state index contributed by atoms with van der Waals surface area (Å²) in [5.74, 6) is 2.41. The van der Waals surface area contributed by atoms with Crippen LogP contribution >= 0.6 is 0 Å². The third-order valence-corrected chi connectivity index (χ3v) is 10.1. The van der Waals surface area contributed by atoms with Crippen molar-refractivity contribution in [2.45, 2.75) is 91.3 Å². The van der Waals surface area contributed by atoms with Crippen LogP contribution in [0.15, 0.2) is 54.4 Å². The topological polar surface area (TPSA) is 22.1 Å². The van der Waals surface area contributed by atoms with Gasteiger partial charge in [0.05, 0.1) is 11.7 Å². The molecule has 1 heterocycles. The van der Waals surface area contributed by atoms with Gasteiger partial charge in [0.25, 0.3) is 0 Å². The highest BCUT2D eigenvalue weighted by Crippen LogP contribution is 2.66. The molecule has 0 N–H and O–H groups in total. The Kier molecular flexibility index (Phi) is 5.16. The van der Waals surface area contributed by atoms with Crippen molar-refractivity contribution in [3.63, 3.8) is 0 Å². The molecule has 2 fully saturated rings. The van der Waals surface area contributed by atoms with E-state index in [0.29, 0.717) is 16.9 Å². The van der Waals surface area contributed by atoms with Crippen molar-refractivity contribution < 1.29 is 4.74 Å². The Morgan fingerprint density at radius 1 is 0.912 bits per heavy atom. The lowest BCUT2D eigenvalue weighted by Crippen LogP contribution is -2.50. The zero-order valence-corrected chi connectivity index (χ0v) is 21.7. The fourth-order valence-electron chi connectivity index (χ4n) is 8.49. The van der Waals surface area contributed by atoms with Gasteiger partial charge in [0.15, 0.2) is 0 Å². The van der Waals surface area contributed by atoms with E-state index in [1.165, 1.54) is 54.9 Å². The number of pyridine rings is 1. The van der Waals surface area contributed by atoms with Crippen molar-refractivity contribution in [1.82, 2.24) is 4.98 Å². The molecular formula is C32H41NO. The number of hydrogen-bond acceptors (Lipinski definition) is 2. The van der Waals surface area contributed by atoms with Crippen LogP contribution in [0.25, 0.3) is 16.3 Å². The molecule has 1 aromatic heterocycles. The number of allylic oxidation sites excluding steroid dienone is 3. The third-order valence-electron chi connectivity index (χ3n) is 10.1. The number of aromatic nitrogens is 1. The Morgan fingerprint density at radius 2 is 1.74 bits per heavy atom. The predicted octanol–water partition coefficient (Wildman–Crippen LogP) is 8.37. The maximum Gasteiger partial charge on any atom is 0.0619 e. The number of ether oxygens (including phenoxy) is 1. The number of nitrogens with zero attached hydrogens (tertiary/aromatic N) is 1. The summed E-state index contributed by atoms with van der Waals surface area (Å²) in [4.78, 5) is 4.30. The first-order valence-corrected chi connectivity index (χ1v) is 13.6. The second kappa shape index (κ2) is 7.79. The zero-order valence-electron chi connectivity index (χ0n) is 21.7. The van der Waals surface area contributed by atoms with Crippen molar-refractivity contribution in [3.05, 3.63) is 59.9 Å². The van der Waals surface area contributed by atoms with Crippen molar-refractivity contribution >= 4 is 16.3 Å². The summed E-state index contributed by atoms with van der Waals surface area (Å²) >= 11 is 0. The Bertz CT molecular complexity index is 1170. The van der Waals surface area contributed by atoms with Crippen LogP contribution in [-0.4, -0.2) is 16.7 Å². The van der Waals surface area contributed by atoms with E-state index in [0.717, 1.165) is 24.2 Å². The highest BCUT2D eigenvalue weighted by molar-refractivity contribution is 5.86. The van der Waals surface area contributed by atoms with E-state index in [2.05, 4.69) is 76.0 Å². The van der Waals surface area contributed by atoms with E-state index in [-0.39, 0.29) is 5.60 Å². The van der Waals surface area contributed by atoms with Gasteiger partial charge in [-0.3, -0.25) is 4.98 Å². The molecule has 0 aliphatic heterocycles. The largest absolute Gasteiger partial charge is 0.372 e. The second-order valence-corrected chi connectivity index (χ2v) is 13.1. The van der Waals surface area contributed by atoms with Crippen molar-refractivity contribution in [3.8, 4) is 0 Å². The predicted molar refractivity (Wildman–Crippen MR) is 141 cm³/mol. The van der Waals surface area contributed by atoms with Crippen LogP contribution in [0.2, 0.25) is 0 Å². The van der Waals surface area contributed by atoms with Crippen LogP contribution in [0, 0.1) is 28.6 Å². The summed E-state index contributed by atoms with van der Waals surface area (Å²) in [6.07, 6.45) is 18.4. The summed E-state index contributed by atoms with van der Waals surface area (Å²) in [5.41, 5.74) is 5.38. The normalized spacial score (nSPS) is 37.4. The maximum absolute atomic E-state index is 6.43. The van der Waals surface area contributed by atoms with Gasteiger partial charge in [0, 0.05) is 17.8 Å². The van der Waals surface area contributed by atoms with E-state index < -0.39 is 0 Å². The monoisotopic (exact) mass is 455 g/mol. The Labute approximate surface area is 205 Å². The molecule has 0 bridgehead atoms. The molecular weight excluding hydrogens is 414 g/mol. The summed E-state index contributed by atoms with van der Waals surface area (Å²) in [6.45, 7) is 11.8. The Hall–Kier alpha value is -1.93. The van der Waals surface area contributed by atoms with Crippen molar-refractivity contribution in [2.24, 2.45) is 28.6 Å². The molecule has 6 rings (SSSR count). The average molecular weight is 456 g/mol. The standard InChI is InChI=1S/C32H41NO/c1-30(2,3)34-25-12-15-31(4)24(19-25)8-9-26-28-11-10-27(32(28,5)16-13-29(26)31)22-6-7-23-20-33-17-14-21(23)18-22/h6-8,10,14,17-18,20,25-26,28-29H,9,11-13,15-16,19H2,1-5H3/t25-,26+,28+,29+,31+,32-/m1/s1. The molecule has 2 saturated carbocycles. The number of hydrogen-bond donors (Lipinski definition) is 0. The van der Waals surface area contributed by atoms with Gasteiger partial charge in [-0.05, 0) is 123 Å². The molecule has 6 atom stereocenters. The fraction of sp³-hybridized carbons (Fsp3) is 0.594. The molecule has 4 aliphatic carbocycles. The molecule has 0 saturated heterocycles. The third kappa shape index (κ3) is 3.51. The average Bonchev–Trinajstić information content (AvgIpc) is 3.15. The van der Waals surface area contributed by atoms with Crippen molar-refractivity contribution in [2.75, 3.05) is 0 Å². The highest BCUT2D eigenvalue weighted by Gasteiger charge is 2.56. The first kappa shape index (κ1) is 22.5. The van der Waals surface area contributed by atoms with E-state index in [1.54, 1.807) is 11.1 Å². The second-order valence-electron chi connectivity index (χ2n) is 13.1. The molecule has 2 aromatic rings. The van der Waals surface area contributed by atoms with Gasteiger partial charge in [-0.1, -0.05) is 43.7 Å². The maximum atomic E-state index is 6.43. The van der Waals surface area contributed by atoms with Crippen LogP contribution in [0.3, 0.4) is 0 Å². The van der Waals surface area contributed by atoms with Gasteiger partial charge in [-0.15, -0.1) is 0 Å². The molecule has 0 unspecified atom stereocenters. The minimum absolute atomic E-state index is 0.0476. The lowest BCUT2D eigenvalue weighted by Gasteiger charge is -2.58. The smallest absolute Gasteiger partial charge is 0.0619 e. The first-order chi connectivity index (χ1) is 16.2. The minimum atomic E-state index is -0.0476. The lowest BCUT2D eigenvalue weighted by atomic mass is 9.47. The van der Waals surface area contributed by atoms with Crippen LogP contribution in [0.1, 0.15) is 85.1 Å².